The van der Waals surface area contributed by atoms with E-state index in [2.05, 4.69) is 0 Å². The third-order valence-electron chi connectivity index (χ3n) is 3.85. The fourth-order valence-corrected chi connectivity index (χ4v) is 2.64. The number of ether oxygens (including phenoxy) is 3. The number of carbonyl (C=O) groups is 2. The van der Waals surface area contributed by atoms with E-state index in [9.17, 15) is 9.59 Å². The molecule has 1 fully saturated rings. The zero-order chi connectivity index (χ0) is 18.6. The quantitative estimate of drug-likeness (QED) is 0.837. The highest BCUT2D eigenvalue weighted by Gasteiger charge is 2.29. The van der Waals surface area contributed by atoms with Crippen LogP contribution in [0.2, 0.25) is 0 Å². The Kier molecular flexibility index (Phi) is 5.77. The van der Waals surface area contributed by atoms with Crippen molar-refractivity contribution in [2.45, 2.75) is 26.4 Å². The van der Waals surface area contributed by atoms with Crippen molar-refractivity contribution >= 4 is 12.0 Å². The monoisotopic (exact) mass is 350 g/mol. The molecule has 25 heavy (non-hydrogen) atoms. The SMILES string of the molecule is COc1cccc(C(=O)N2CCN(C(=O)OC(C)(C)C)CC2)c1OC. The van der Waals surface area contributed by atoms with Crippen LogP contribution in [0.1, 0.15) is 31.1 Å². The fourth-order valence-electron chi connectivity index (χ4n) is 2.64. The molecule has 0 radical (unpaired) electrons. The highest BCUT2D eigenvalue weighted by molar-refractivity contribution is 5.98. The lowest BCUT2D eigenvalue weighted by atomic mass is 10.1. The van der Waals surface area contributed by atoms with Gasteiger partial charge in [0.15, 0.2) is 11.5 Å². The first-order valence-corrected chi connectivity index (χ1v) is 8.25. The Balaban J connectivity index is 2.04. The number of hydrogen-bond acceptors (Lipinski definition) is 5. The Hall–Kier alpha value is -2.44. The van der Waals surface area contributed by atoms with Gasteiger partial charge in [-0.2, -0.15) is 0 Å². The highest BCUT2D eigenvalue weighted by atomic mass is 16.6. The zero-order valence-corrected chi connectivity index (χ0v) is 15.5. The number of nitrogens with zero attached hydrogens (tertiary/aromatic N) is 2. The van der Waals surface area contributed by atoms with Crippen LogP contribution in [0.5, 0.6) is 11.5 Å². The number of methoxy groups -OCH3 is 2. The standard InChI is InChI=1S/C18H26N2O5/c1-18(2,3)25-17(22)20-11-9-19(10-12-20)16(21)13-7-6-8-14(23-4)15(13)24-5/h6-8H,9-12H2,1-5H3. The molecule has 0 atom stereocenters. The second kappa shape index (κ2) is 7.63. The molecular weight excluding hydrogens is 324 g/mol. The molecule has 0 unspecified atom stereocenters. The lowest BCUT2D eigenvalue weighted by Crippen LogP contribution is -2.51. The Morgan fingerprint density at radius 2 is 1.56 bits per heavy atom. The molecule has 1 aromatic rings. The summed E-state index contributed by atoms with van der Waals surface area (Å²) in [5, 5.41) is 0. The summed E-state index contributed by atoms with van der Waals surface area (Å²) in [6.45, 7) is 7.26. The first kappa shape index (κ1) is 18.9. The Morgan fingerprint density at radius 3 is 2.08 bits per heavy atom. The molecule has 2 amide bonds. The van der Waals surface area contributed by atoms with E-state index in [0.717, 1.165) is 0 Å². The summed E-state index contributed by atoms with van der Waals surface area (Å²) in [5.41, 5.74) is -0.0783. The van der Waals surface area contributed by atoms with Crippen LogP contribution in [0.15, 0.2) is 18.2 Å². The zero-order valence-electron chi connectivity index (χ0n) is 15.5. The van der Waals surface area contributed by atoms with Gasteiger partial charge >= 0.3 is 6.09 Å². The van der Waals surface area contributed by atoms with Gasteiger partial charge in [0.2, 0.25) is 0 Å². The average molecular weight is 350 g/mol. The van der Waals surface area contributed by atoms with E-state index in [4.69, 9.17) is 14.2 Å². The van der Waals surface area contributed by atoms with Crippen LogP contribution < -0.4 is 9.47 Å². The third kappa shape index (κ3) is 4.55. The van der Waals surface area contributed by atoms with E-state index in [1.54, 1.807) is 28.0 Å². The number of carbonyl (C=O) groups excluding carboxylic acids is 2. The lowest BCUT2D eigenvalue weighted by Gasteiger charge is -2.35. The van der Waals surface area contributed by atoms with Gasteiger partial charge in [-0.1, -0.05) is 6.07 Å². The van der Waals surface area contributed by atoms with E-state index < -0.39 is 5.60 Å². The van der Waals surface area contributed by atoms with Crippen LogP contribution in [0.3, 0.4) is 0 Å². The van der Waals surface area contributed by atoms with E-state index in [0.29, 0.717) is 43.2 Å². The van der Waals surface area contributed by atoms with Gasteiger partial charge in [-0.05, 0) is 32.9 Å². The number of rotatable bonds is 3. The highest BCUT2D eigenvalue weighted by Crippen LogP contribution is 2.31. The van der Waals surface area contributed by atoms with Gasteiger partial charge < -0.3 is 24.0 Å². The molecule has 0 bridgehead atoms. The summed E-state index contributed by atoms with van der Waals surface area (Å²) in [7, 11) is 3.04. The maximum atomic E-state index is 12.8. The van der Waals surface area contributed by atoms with Gasteiger partial charge in [0.25, 0.3) is 5.91 Å². The predicted octanol–water partition coefficient (Wildman–Crippen LogP) is 2.40. The molecular formula is C18H26N2O5. The largest absolute Gasteiger partial charge is 0.493 e. The predicted molar refractivity (Wildman–Crippen MR) is 93.3 cm³/mol. The van der Waals surface area contributed by atoms with Crippen LogP contribution in [0.4, 0.5) is 4.79 Å². The van der Waals surface area contributed by atoms with Crippen molar-refractivity contribution in [2.24, 2.45) is 0 Å². The van der Waals surface area contributed by atoms with E-state index >= 15 is 0 Å². The van der Waals surface area contributed by atoms with Crippen molar-refractivity contribution in [1.29, 1.82) is 0 Å². The molecule has 1 saturated heterocycles. The van der Waals surface area contributed by atoms with Crippen molar-refractivity contribution in [3.8, 4) is 11.5 Å². The molecule has 0 aromatic heterocycles. The second-order valence-electron chi connectivity index (χ2n) is 6.80. The van der Waals surface area contributed by atoms with Gasteiger partial charge in [-0.3, -0.25) is 4.79 Å². The Bertz CT molecular complexity index is 631. The van der Waals surface area contributed by atoms with Gasteiger partial charge in [0.1, 0.15) is 5.60 Å². The van der Waals surface area contributed by atoms with Crippen LogP contribution >= 0.6 is 0 Å². The molecule has 2 rings (SSSR count). The first-order valence-electron chi connectivity index (χ1n) is 8.25. The molecule has 1 aromatic carbocycles. The number of hydrogen-bond donors (Lipinski definition) is 0. The summed E-state index contributed by atoms with van der Waals surface area (Å²) in [6, 6.07) is 5.21. The van der Waals surface area contributed by atoms with Crippen molar-refractivity contribution in [2.75, 3.05) is 40.4 Å². The molecule has 0 N–H and O–H groups in total. The van der Waals surface area contributed by atoms with Gasteiger partial charge in [0, 0.05) is 26.2 Å². The minimum Gasteiger partial charge on any atom is -0.493 e. The summed E-state index contributed by atoms with van der Waals surface area (Å²) < 4.78 is 16.0. The summed E-state index contributed by atoms with van der Waals surface area (Å²) in [4.78, 5) is 28.2. The van der Waals surface area contributed by atoms with Crippen molar-refractivity contribution in [3.63, 3.8) is 0 Å². The maximum Gasteiger partial charge on any atom is 0.410 e. The molecule has 1 aliphatic rings. The molecule has 0 spiro atoms. The molecule has 138 valence electrons. The van der Waals surface area contributed by atoms with Crippen LogP contribution in [-0.4, -0.2) is 67.8 Å². The van der Waals surface area contributed by atoms with Gasteiger partial charge in [-0.25, -0.2) is 4.79 Å². The molecule has 1 aliphatic heterocycles. The van der Waals surface area contributed by atoms with E-state index in [1.165, 1.54) is 14.2 Å². The number of amides is 2. The normalized spacial score (nSPS) is 14.9. The number of piperazine rings is 1. The lowest BCUT2D eigenvalue weighted by molar-refractivity contribution is 0.0140. The molecule has 7 heteroatoms. The van der Waals surface area contributed by atoms with Gasteiger partial charge in [0.05, 0.1) is 19.8 Å². The van der Waals surface area contributed by atoms with Crippen LogP contribution in [0.25, 0.3) is 0 Å². The third-order valence-corrected chi connectivity index (χ3v) is 3.85. The smallest absolute Gasteiger partial charge is 0.410 e. The van der Waals surface area contributed by atoms with Crippen LogP contribution in [0, 0.1) is 0 Å². The second-order valence-corrected chi connectivity index (χ2v) is 6.80. The molecule has 0 saturated carbocycles. The maximum absolute atomic E-state index is 12.8. The summed E-state index contributed by atoms with van der Waals surface area (Å²) in [6.07, 6.45) is -0.349. The molecule has 0 aliphatic carbocycles. The van der Waals surface area contributed by atoms with Crippen molar-refractivity contribution in [1.82, 2.24) is 9.80 Å². The number of para-hydroxylation sites is 1. The Labute approximate surface area is 148 Å². The first-order chi connectivity index (χ1) is 11.8. The molecule has 7 nitrogen and oxygen atoms in total. The van der Waals surface area contributed by atoms with E-state index in [-0.39, 0.29) is 12.0 Å². The Morgan fingerprint density at radius 1 is 0.960 bits per heavy atom. The van der Waals surface area contributed by atoms with Crippen molar-refractivity contribution < 1.29 is 23.8 Å². The van der Waals surface area contributed by atoms with Crippen LogP contribution in [-0.2, 0) is 4.74 Å². The topological polar surface area (TPSA) is 68.3 Å². The fraction of sp³-hybridized carbons (Fsp3) is 0.556. The summed E-state index contributed by atoms with van der Waals surface area (Å²) >= 11 is 0. The summed E-state index contributed by atoms with van der Waals surface area (Å²) in [5.74, 6) is 0.796. The van der Waals surface area contributed by atoms with Gasteiger partial charge in [-0.15, -0.1) is 0 Å². The minimum atomic E-state index is -0.530. The number of benzene rings is 1. The van der Waals surface area contributed by atoms with E-state index in [1.807, 2.05) is 20.8 Å². The average Bonchev–Trinajstić information content (AvgIpc) is 2.58. The van der Waals surface area contributed by atoms with Crippen molar-refractivity contribution in [3.05, 3.63) is 23.8 Å². The molecule has 1 heterocycles. The minimum absolute atomic E-state index is 0.139.